The van der Waals surface area contributed by atoms with E-state index in [-0.39, 0.29) is 11.8 Å². The van der Waals surface area contributed by atoms with Gasteiger partial charge in [-0.15, -0.1) is 22.7 Å². The fraction of sp³-hybridized carbons (Fsp3) is 0.208. The van der Waals surface area contributed by atoms with Crippen molar-refractivity contribution in [2.45, 2.75) is 33.9 Å². The third kappa shape index (κ3) is 6.03. The number of nitrogens with zero attached hydrogens (tertiary/aromatic N) is 3. The van der Waals surface area contributed by atoms with Gasteiger partial charge in [-0.3, -0.25) is 14.9 Å². The molecule has 0 atom stereocenters. The molecule has 3 N–H and O–H groups in total. The zero-order valence-electron chi connectivity index (χ0n) is 19.0. The van der Waals surface area contributed by atoms with Crippen molar-refractivity contribution in [3.63, 3.8) is 0 Å². The minimum atomic E-state index is -0.216. The fourth-order valence-corrected chi connectivity index (χ4v) is 5.08. The van der Waals surface area contributed by atoms with Crippen LogP contribution in [0.4, 0.5) is 11.1 Å². The number of amides is 2. The summed E-state index contributed by atoms with van der Waals surface area (Å²) in [5, 5.41) is 9.44. The summed E-state index contributed by atoms with van der Waals surface area (Å²) in [6, 6.07) is 13.2. The molecule has 0 saturated carbocycles. The van der Waals surface area contributed by atoms with Gasteiger partial charge < -0.3 is 10.6 Å². The fourth-order valence-electron chi connectivity index (χ4n) is 3.20. The molecule has 1 aromatic carbocycles. The van der Waals surface area contributed by atoms with Crippen LogP contribution in [0.3, 0.4) is 0 Å². The molecule has 8 nitrogen and oxygen atoms in total. The van der Waals surface area contributed by atoms with E-state index < -0.39 is 0 Å². The highest BCUT2D eigenvalue weighted by atomic mass is 32.1. The van der Waals surface area contributed by atoms with Gasteiger partial charge in [-0.1, -0.05) is 12.1 Å². The smallest absolute Gasteiger partial charge is 0.257 e. The van der Waals surface area contributed by atoms with Crippen molar-refractivity contribution in [2.24, 2.45) is 0 Å². The predicted octanol–water partition coefficient (Wildman–Crippen LogP) is 4.78. The number of carbonyl (C=O) groups is 2. The quantitative estimate of drug-likeness (QED) is 0.327. The van der Waals surface area contributed by atoms with Gasteiger partial charge in [0, 0.05) is 40.7 Å². The van der Waals surface area contributed by atoms with E-state index in [2.05, 4.69) is 30.9 Å². The lowest BCUT2D eigenvalue weighted by molar-refractivity contribution is -0.119. The largest absolute Gasteiger partial charge is 0.351 e. The zero-order chi connectivity index (χ0) is 24.1. The summed E-state index contributed by atoms with van der Waals surface area (Å²) in [4.78, 5) is 40.2. The van der Waals surface area contributed by atoms with Crippen LogP contribution in [0.15, 0.2) is 48.7 Å². The summed E-state index contributed by atoms with van der Waals surface area (Å²) in [6.45, 7) is 6.39. The van der Waals surface area contributed by atoms with E-state index in [0.29, 0.717) is 29.7 Å². The molecule has 10 heteroatoms. The molecule has 0 bridgehead atoms. The van der Waals surface area contributed by atoms with E-state index in [4.69, 9.17) is 0 Å². The maximum absolute atomic E-state index is 12.9. The van der Waals surface area contributed by atoms with Crippen molar-refractivity contribution in [3.05, 3.63) is 75.2 Å². The average molecular weight is 493 g/mol. The number of thiazole rings is 1. The van der Waals surface area contributed by atoms with Crippen LogP contribution in [-0.2, 0) is 17.9 Å². The van der Waals surface area contributed by atoms with Crippen molar-refractivity contribution in [2.75, 3.05) is 10.6 Å². The van der Waals surface area contributed by atoms with Crippen LogP contribution < -0.4 is 16.0 Å². The lowest BCUT2D eigenvalue weighted by Crippen LogP contribution is -2.17. The monoisotopic (exact) mass is 492 g/mol. The van der Waals surface area contributed by atoms with Crippen LogP contribution >= 0.6 is 22.7 Å². The first kappa shape index (κ1) is 23.5. The molecule has 34 heavy (non-hydrogen) atoms. The van der Waals surface area contributed by atoms with Crippen molar-refractivity contribution >= 4 is 45.6 Å². The Morgan fingerprint density at radius 3 is 2.65 bits per heavy atom. The Morgan fingerprint density at radius 1 is 1.00 bits per heavy atom. The van der Waals surface area contributed by atoms with E-state index in [1.807, 2.05) is 50.2 Å². The molecule has 3 aromatic heterocycles. The van der Waals surface area contributed by atoms with Crippen molar-refractivity contribution in [3.8, 4) is 10.6 Å². The number of anilines is 2. The van der Waals surface area contributed by atoms with Crippen molar-refractivity contribution in [1.29, 1.82) is 0 Å². The second-order valence-corrected chi connectivity index (χ2v) is 10.0. The first-order chi connectivity index (χ1) is 16.4. The second-order valence-electron chi connectivity index (χ2n) is 7.63. The Morgan fingerprint density at radius 2 is 1.85 bits per heavy atom. The molecule has 0 unspecified atom stereocenters. The number of hydrogen-bond donors (Lipinski definition) is 3. The highest BCUT2D eigenvalue weighted by Gasteiger charge is 2.15. The summed E-state index contributed by atoms with van der Waals surface area (Å²) in [5.74, 6) is 0.272. The number of thiophene rings is 1. The molecule has 4 aromatic rings. The van der Waals surface area contributed by atoms with Gasteiger partial charge in [0.05, 0.1) is 17.1 Å². The van der Waals surface area contributed by atoms with Gasteiger partial charge in [0.25, 0.3) is 5.91 Å². The van der Waals surface area contributed by atoms with E-state index in [9.17, 15) is 9.59 Å². The topological polar surface area (TPSA) is 109 Å². The normalized spacial score (nSPS) is 10.7. The van der Waals surface area contributed by atoms with E-state index >= 15 is 0 Å². The first-order valence-corrected chi connectivity index (χ1v) is 12.3. The maximum Gasteiger partial charge on any atom is 0.257 e. The molecule has 0 spiro atoms. The van der Waals surface area contributed by atoms with Gasteiger partial charge in [-0.25, -0.2) is 15.0 Å². The van der Waals surface area contributed by atoms with Gasteiger partial charge in [0.2, 0.25) is 11.9 Å². The molecule has 2 amide bonds. The molecule has 4 rings (SSSR count). The molecule has 174 valence electrons. The molecule has 0 fully saturated rings. The first-order valence-electron chi connectivity index (χ1n) is 10.6. The maximum atomic E-state index is 12.9. The highest BCUT2D eigenvalue weighted by molar-refractivity contribution is 7.18. The molecule has 0 saturated heterocycles. The predicted molar refractivity (Wildman–Crippen MR) is 136 cm³/mol. The Kier molecular flexibility index (Phi) is 7.29. The third-order valence-electron chi connectivity index (χ3n) is 4.86. The molecule has 0 radical (unpaired) electrons. The van der Waals surface area contributed by atoms with Gasteiger partial charge >= 0.3 is 0 Å². The summed E-state index contributed by atoms with van der Waals surface area (Å²) in [6.07, 6.45) is 1.71. The zero-order valence-corrected chi connectivity index (χ0v) is 20.6. The van der Waals surface area contributed by atoms with Crippen LogP contribution in [0.1, 0.15) is 38.3 Å². The highest BCUT2D eigenvalue weighted by Crippen LogP contribution is 2.34. The summed E-state index contributed by atoms with van der Waals surface area (Å²) in [7, 11) is 0. The van der Waals surface area contributed by atoms with E-state index in [0.717, 1.165) is 31.6 Å². The number of carbonyl (C=O) groups excluding carboxylic acids is 2. The Labute approximate surface area is 205 Å². The second kappa shape index (κ2) is 10.5. The Hall–Kier alpha value is -3.63. The average Bonchev–Trinajstić information content (AvgIpc) is 3.42. The van der Waals surface area contributed by atoms with Crippen LogP contribution in [-0.4, -0.2) is 26.8 Å². The number of benzene rings is 1. The molecule has 0 aliphatic rings. The molecule has 0 aliphatic carbocycles. The van der Waals surface area contributed by atoms with Crippen LogP contribution in [0.5, 0.6) is 0 Å². The SMILES string of the molecule is CC(=O)NCc1ccc(-c2nc(NC(=O)c3cccc(CNc4nccc(C)n4)c3)sc2C)s1. The third-order valence-corrected chi connectivity index (χ3v) is 6.84. The summed E-state index contributed by atoms with van der Waals surface area (Å²) < 4.78 is 0. The Bertz CT molecular complexity index is 1330. The molecular formula is C24H24N6O2S2. The lowest BCUT2D eigenvalue weighted by atomic mass is 10.1. The van der Waals surface area contributed by atoms with Crippen molar-refractivity contribution < 1.29 is 9.59 Å². The van der Waals surface area contributed by atoms with Gasteiger partial charge in [-0.05, 0) is 49.7 Å². The standard InChI is InChI=1S/C24H24N6O2S2/c1-14-9-10-25-23(28-14)27-12-17-5-4-6-18(11-17)22(32)30-24-29-21(15(2)33-24)20-8-7-19(34-20)13-26-16(3)31/h4-11H,12-13H2,1-3H3,(H,26,31)(H,25,27,28)(H,29,30,32). The van der Waals surface area contributed by atoms with E-state index in [1.165, 1.54) is 18.3 Å². The van der Waals surface area contributed by atoms with Crippen LogP contribution in [0.25, 0.3) is 10.6 Å². The van der Waals surface area contributed by atoms with Crippen molar-refractivity contribution in [1.82, 2.24) is 20.3 Å². The minimum absolute atomic E-state index is 0.0619. The van der Waals surface area contributed by atoms with Crippen LogP contribution in [0.2, 0.25) is 0 Å². The Balaban J connectivity index is 1.41. The van der Waals surface area contributed by atoms with Gasteiger partial charge in [0.1, 0.15) is 0 Å². The molecule has 3 heterocycles. The number of rotatable bonds is 8. The summed E-state index contributed by atoms with van der Waals surface area (Å²) in [5.41, 5.74) is 3.22. The number of aromatic nitrogens is 3. The molecule has 0 aliphatic heterocycles. The van der Waals surface area contributed by atoms with Gasteiger partial charge in [-0.2, -0.15) is 0 Å². The van der Waals surface area contributed by atoms with Crippen LogP contribution in [0, 0.1) is 13.8 Å². The number of hydrogen-bond acceptors (Lipinski definition) is 8. The van der Waals surface area contributed by atoms with E-state index in [1.54, 1.807) is 23.6 Å². The summed E-state index contributed by atoms with van der Waals surface area (Å²) >= 11 is 3.01. The number of nitrogens with one attached hydrogen (secondary N) is 3. The molecular weight excluding hydrogens is 468 g/mol. The number of aryl methyl sites for hydroxylation is 2. The lowest BCUT2D eigenvalue weighted by Gasteiger charge is -2.07. The van der Waals surface area contributed by atoms with Gasteiger partial charge in [0.15, 0.2) is 5.13 Å². The minimum Gasteiger partial charge on any atom is -0.351 e.